The third-order valence-corrected chi connectivity index (χ3v) is 12.8. The molecule has 11 atom stereocenters. The molecule has 2 aliphatic rings. The van der Waals surface area contributed by atoms with E-state index in [9.17, 15) is 64.2 Å². The van der Waals surface area contributed by atoms with Crippen LogP contribution < -0.4 is 42.8 Å². The first-order valence-corrected chi connectivity index (χ1v) is 24.3. The molecule has 4 aromatic carbocycles. The van der Waals surface area contributed by atoms with Crippen molar-refractivity contribution in [3.05, 3.63) is 125 Å². The van der Waals surface area contributed by atoms with E-state index >= 15 is 0 Å². The van der Waals surface area contributed by atoms with Gasteiger partial charge < -0.3 is 83.1 Å². The predicted molar refractivity (Wildman–Crippen MR) is 267 cm³/mol. The van der Waals surface area contributed by atoms with E-state index in [1.54, 1.807) is 54.6 Å². The van der Waals surface area contributed by atoms with Gasteiger partial charge in [0, 0.05) is 25.8 Å². The van der Waals surface area contributed by atoms with Gasteiger partial charge in [-0.1, -0.05) is 66.7 Å². The summed E-state index contributed by atoms with van der Waals surface area (Å²) in [6.45, 7) is 0.141. The highest BCUT2D eigenvalue weighted by Gasteiger charge is 2.45. The van der Waals surface area contributed by atoms with Crippen molar-refractivity contribution in [3.8, 4) is 17.2 Å². The number of amides is 7. The topological polar surface area (TPSA) is 375 Å². The number of aliphatic hydroxyl groups is 4. The Bertz CT molecular complexity index is 2590. The lowest BCUT2D eigenvalue weighted by Crippen LogP contribution is -2.60. The zero-order valence-corrected chi connectivity index (χ0v) is 41.0. The van der Waals surface area contributed by atoms with Crippen molar-refractivity contribution >= 4 is 41.4 Å². The number of hydrogen-bond acceptors (Lipinski definition) is 16. The number of hydrogen-bond donors (Lipinski definition) is 13. The molecule has 0 aliphatic carbocycles. The first kappa shape index (κ1) is 56.6. The molecule has 2 heterocycles. The predicted octanol–water partition coefficient (Wildman–Crippen LogP) is -2.57. The van der Waals surface area contributed by atoms with Gasteiger partial charge in [-0.15, -0.1) is 0 Å². The summed E-state index contributed by atoms with van der Waals surface area (Å²) in [6, 6.07) is 19.6. The fraction of sp³-hybridized carbons (Fsp3) is 0.404. The number of nitrogens with two attached hydrogens (primary N) is 2. The molecule has 6 rings (SSSR count). The van der Waals surface area contributed by atoms with Gasteiger partial charge in [-0.25, -0.2) is 0 Å². The highest BCUT2D eigenvalue weighted by atomic mass is 16.7. The van der Waals surface area contributed by atoms with Gasteiger partial charge in [0.15, 0.2) is 0 Å². The second-order valence-corrected chi connectivity index (χ2v) is 18.5. The van der Waals surface area contributed by atoms with Gasteiger partial charge in [0.05, 0.1) is 19.2 Å². The molecule has 0 aromatic heterocycles. The summed E-state index contributed by atoms with van der Waals surface area (Å²) in [7, 11) is 0. The zero-order valence-electron chi connectivity index (χ0n) is 41.0. The van der Waals surface area contributed by atoms with E-state index < -0.39 is 121 Å². The number of ether oxygens (including phenoxy) is 2. The summed E-state index contributed by atoms with van der Waals surface area (Å²) in [5.41, 5.74) is 14.1. The summed E-state index contributed by atoms with van der Waals surface area (Å²) >= 11 is 0. The van der Waals surface area contributed by atoms with Crippen LogP contribution in [0.5, 0.6) is 17.2 Å². The molecule has 2 aliphatic heterocycles. The molecule has 23 nitrogen and oxygen atoms in total. The molecule has 402 valence electrons. The smallest absolute Gasteiger partial charge is 0.246 e. The van der Waals surface area contributed by atoms with Gasteiger partial charge in [0.1, 0.15) is 71.9 Å². The SMILES string of the molecule is C[C@@H](NC(=O)[C@@H](N)Cc1ccc(O)cc1)C(=O)N[C@@H](Cc1ccccc1)C(=O)NCC(=O)N[C@@H](Cc1ccc(O[C@@H]2O[C@H](CO)[C@@H](O)[C@H](O)[C@H]2O)cc1)C(=O)N1CCC[C@H]1C(=O)N[C@@H](Cc1ccc(O)cc1)C(N)=O. The first-order valence-electron chi connectivity index (χ1n) is 24.3. The summed E-state index contributed by atoms with van der Waals surface area (Å²) in [5, 5.41) is 72.8. The minimum absolute atomic E-state index is 0.00375. The van der Waals surface area contributed by atoms with Gasteiger partial charge in [0.25, 0.3) is 0 Å². The normalized spacial score (nSPS) is 21.3. The average molecular weight is 1040 g/mol. The number of rotatable bonds is 23. The second-order valence-electron chi connectivity index (χ2n) is 18.5. The minimum Gasteiger partial charge on any atom is -0.508 e. The third-order valence-electron chi connectivity index (χ3n) is 12.8. The zero-order chi connectivity index (χ0) is 54.3. The van der Waals surface area contributed by atoms with Gasteiger partial charge in [-0.05, 0) is 84.8 Å². The molecule has 0 bridgehead atoms. The molecular weight excluding hydrogens is 977 g/mol. The van der Waals surface area contributed by atoms with Crippen LogP contribution in [0.25, 0.3) is 0 Å². The lowest BCUT2D eigenvalue weighted by atomic mass is 9.99. The summed E-state index contributed by atoms with van der Waals surface area (Å²) in [6.07, 6.45) is -7.22. The van der Waals surface area contributed by atoms with Gasteiger partial charge in [0.2, 0.25) is 47.6 Å². The van der Waals surface area contributed by atoms with E-state index in [2.05, 4.69) is 26.6 Å². The Morgan fingerprint density at radius 1 is 0.667 bits per heavy atom. The van der Waals surface area contributed by atoms with E-state index in [-0.39, 0.29) is 55.9 Å². The van der Waals surface area contributed by atoms with Gasteiger partial charge >= 0.3 is 0 Å². The molecular formula is C52H64N8O15. The fourth-order valence-electron chi connectivity index (χ4n) is 8.56. The van der Waals surface area contributed by atoms with Crippen LogP contribution in [0, 0.1) is 0 Å². The number of aliphatic hydroxyl groups excluding tert-OH is 4. The van der Waals surface area contributed by atoms with Crippen LogP contribution in [0.2, 0.25) is 0 Å². The average Bonchev–Trinajstić information content (AvgIpc) is 3.90. The summed E-state index contributed by atoms with van der Waals surface area (Å²) < 4.78 is 11.2. The Labute approximate surface area is 431 Å². The van der Waals surface area contributed by atoms with Crippen molar-refractivity contribution in [1.29, 1.82) is 0 Å². The fourth-order valence-corrected chi connectivity index (χ4v) is 8.56. The summed E-state index contributed by atoms with van der Waals surface area (Å²) in [5.74, 6) is -5.03. The van der Waals surface area contributed by atoms with Gasteiger partial charge in [-0.2, -0.15) is 0 Å². The number of carbonyl (C=O) groups is 7. The number of nitrogens with zero attached hydrogens (tertiary/aromatic N) is 1. The third kappa shape index (κ3) is 15.9. The molecule has 0 radical (unpaired) electrons. The van der Waals surface area contributed by atoms with Crippen LogP contribution in [0.15, 0.2) is 103 Å². The van der Waals surface area contributed by atoms with Crippen LogP contribution in [0.4, 0.5) is 0 Å². The first-order chi connectivity index (χ1) is 35.8. The van der Waals surface area contributed by atoms with Crippen LogP contribution in [0.3, 0.4) is 0 Å². The Morgan fingerprint density at radius 3 is 1.83 bits per heavy atom. The number of benzene rings is 4. The van der Waals surface area contributed by atoms with Crippen LogP contribution in [-0.2, 0) is 64.0 Å². The number of primary amides is 1. The van der Waals surface area contributed by atoms with E-state index in [4.69, 9.17) is 20.9 Å². The highest BCUT2D eigenvalue weighted by molar-refractivity contribution is 5.96. The molecule has 7 amide bonds. The quantitative estimate of drug-likeness (QED) is 0.0363. The molecule has 0 unspecified atom stereocenters. The van der Waals surface area contributed by atoms with Crippen molar-refractivity contribution in [2.45, 2.75) is 112 Å². The van der Waals surface area contributed by atoms with Gasteiger partial charge in [-0.3, -0.25) is 33.6 Å². The van der Waals surface area contributed by atoms with Crippen molar-refractivity contribution in [2.75, 3.05) is 19.7 Å². The summed E-state index contributed by atoms with van der Waals surface area (Å²) in [4.78, 5) is 96.4. The monoisotopic (exact) mass is 1040 g/mol. The number of phenolic OH excluding ortho intramolecular Hbond substituents is 2. The maximum Gasteiger partial charge on any atom is 0.246 e. The number of carbonyl (C=O) groups excluding carboxylic acids is 7. The maximum absolute atomic E-state index is 14.6. The van der Waals surface area contributed by atoms with Crippen molar-refractivity contribution in [2.24, 2.45) is 11.5 Å². The lowest BCUT2D eigenvalue weighted by molar-refractivity contribution is -0.277. The number of aromatic hydroxyl groups is 2. The van der Waals surface area contributed by atoms with E-state index in [1.807, 2.05) is 0 Å². The molecule has 15 N–H and O–H groups in total. The van der Waals surface area contributed by atoms with Crippen molar-refractivity contribution in [3.63, 3.8) is 0 Å². The molecule has 75 heavy (non-hydrogen) atoms. The van der Waals surface area contributed by atoms with E-state index in [0.29, 0.717) is 28.7 Å². The second kappa shape index (κ2) is 26.5. The number of phenols is 2. The lowest BCUT2D eigenvalue weighted by Gasteiger charge is -2.39. The Kier molecular flexibility index (Phi) is 20.0. The largest absolute Gasteiger partial charge is 0.508 e. The number of nitrogens with one attached hydrogen (secondary N) is 5. The van der Waals surface area contributed by atoms with Crippen LogP contribution in [0.1, 0.15) is 42.0 Å². The molecule has 0 spiro atoms. The maximum atomic E-state index is 14.6. The Morgan fingerprint density at radius 2 is 1.23 bits per heavy atom. The number of likely N-dealkylation sites (tertiary alicyclic amines) is 1. The molecule has 0 saturated carbocycles. The molecule has 2 saturated heterocycles. The minimum atomic E-state index is -1.69. The molecule has 2 fully saturated rings. The van der Waals surface area contributed by atoms with Crippen LogP contribution in [-0.4, -0.2) is 164 Å². The van der Waals surface area contributed by atoms with Crippen LogP contribution >= 0.6 is 0 Å². The molecule has 4 aromatic rings. The molecule has 23 heteroatoms. The Balaban J connectivity index is 1.15. The van der Waals surface area contributed by atoms with E-state index in [1.165, 1.54) is 60.4 Å². The van der Waals surface area contributed by atoms with Crippen molar-refractivity contribution < 1.29 is 73.7 Å². The Hall–Kier alpha value is -7.67. The standard InChI is InChI=1S/C52H64N8O15/c1-28(56-48(70)36(53)22-30-9-15-33(62)16-10-30)47(69)59-38(24-29-6-3-2-4-7-29)49(71)55-26-42(64)57-39(25-32-13-19-35(20-14-32)74-52-45(67)44(66)43(65)41(27-61)75-52)51(73)60-21-5-8-40(60)50(72)58-37(46(54)68)23-31-11-17-34(63)18-12-31/h2-4,6-7,9-20,28,36-41,43-45,52,61-63,65-67H,5,8,21-27,53H2,1H3,(H2,54,68)(H,55,71)(H,56,70)(H,57,64)(H,58,72)(H,59,69)/t28-,36+,37+,38+,39+,40+,41-,43-,44+,45-,52-/m1/s1. The van der Waals surface area contributed by atoms with E-state index in [0.717, 1.165) is 0 Å². The van der Waals surface area contributed by atoms with Crippen molar-refractivity contribution in [1.82, 2.24) is 31.5 Å². The highest BCUT2D eigenvalue weighted by Crippen LogP contribution is 2.26.